The molecule has 6 nitrogen and oxygen atoms in total. The number of nitrogen functional groups attached to an aromatic ring is 2. The maximum absolute atomic E-state index is 10.6. The molecule has 14 heavy (non-hydrogen) atoms. The number of nitro benzene ring substituents is 1. The second-order valence-corrected chi connectivity index (χ2v) is 3.12. The zero-order valence-electron chi connectivity index (χ0n) is 8.02. The van der Waals surface area contributed by atoms with Crippen LogP contribution in [0.3, 0.4) is 0 Å². The predicted molar refractivity (Wildman–Crippen MR) is 56.2 cm³/mol. The van der Waals surface area contributed by atoms with E-state index in [1.54, 1.807) is 25.1 Å². The van der Waals surface area contributed by atoms with Gasteiger partial charge in [-0.05, 0) is 6.07 Å². The van der Waals surface area contributed by atoms with Crippen LogP contribution in [-0.4, -0.2) is 19.0 Å². The minimum absolute atomic E-state index is 0.0144. The van der Waals surface area contributed by atoms with E-state index in [9.17, 15) is 10.1 Å². The Balaban J connectivity index is 3.35. The SMILES string of the molecule is CN(C)c1cc(N)c(N)c([N+](=O)[O-])c1. The highest BCUT2D eigenvalue weighted by molar-refractivity contribution is 5.79. The van der Waals surface area contributed by atoms with Crippen LogP contribution in [0.25, 0.3) is 0 Å². The van der Waals surface area contributed by atoms with Crippen molar-refractivity contribution in [2.75, 3.05) is 30.5 Å². The number of anilines is 3. The van der Waals surface area contributed by atoms with Gasteiger partial charge < -0.3 is 16.4 Å². The molecule has 0 aliphatic rings. The summed E-state index contributed by atoms with van der Waals surface area (Å²) in [6.07, 6.45) is 0. The molecule has 1 aromatic rings. The molecule has 0 aromatic heterocycles. The van der Waals surface area contributed by atoms with Crippen molar-refractivity contribution in [2.45, 2.75) is 0 Å². The van der Waals surface area contributed by atoms with E-state index in [1.165, 1.54) is 6.07 Å². The van der Waals surface area contributed by atoms with E-state index in [0.717, 1.165) is 0 Å². The highest BCUT2D eigenvalue weighted by Gasteiger charge is 2.16. The number of nitro groups is 1. The van der Waals surface area contributed by atoms with E-state index < -0.39 is 4.92 Å². The van der Waals surface area contributed by atoms with Crippen LogP contribution < -0.4 is 16.4 Å². The van der Waals surface area contributed by atoms with E-state index in [0.29, 0.717) is 5.69 Å². The van der Waals surface area contributed by atoms with E-state index in [1.807, 2.05) is 0 Å². The van der Waals surface area contributed by atoms with Crippen LogP contribution in [0.15, 0.2) is 12.1 Å². The van der Waals surface area contributed by atoms with Gasteiger partial charge in [-0.15, -0.1) is 0 Å². The van der Waals surface area contributed by atoms with Crippen LogP contribution in [0.1, 0.15) is 0 Å². The van der Waals surface area contributed by atoms with Crippen molar-refractivity contribution in [3.05, 3.63) is 22.2 Å². The third kappa shape index (κ3) is 1.68. The Morgan fingerprint density at radius 3 is 2.36 bits per heavy atom. The lowest BCUT2D eigenvalue weighted by Gasteiger charge is -2.13. The third-order valence-corrected chi connectivity index (χ3v) is 1.89. The third-order valence-electron chi connectivity index (χ3n) is 1.89. The molecule has 4 N–H and O–H groups in total. The maximum Gasteiger partial charge on any atom is 0.296 e. The Hall–Kier alpha value is -1.98. The van der Waals surface area contributed by atoms with Gasteiger partial charge >= 0.3 is 0 Å². The average Bonchev–Trinajstić information content (AvgIpc) is 2.08. The summed E-state index contributed by atoms with van der Waals surface area (Å²) in [6.45, 7) is 0. The van der Waals surface area contributed by atoms with Crippen molar-refractivity contribution in [2.24, 2.45) is 0 Å². The molecular weight excluding hydrogens is 184 g/mol. The molecule has 1 aromatic carbocycles. The summed E-state index contributed by atoms with van der Waals surface area (Å²) in [6, 6.07) is 2.99. The molecule has 0 bridgehead atoms. The van der Waals surface area contributed by atoms with E-state index >= 15 is 0 Å². The lowest BCUT2D eigenvalue weighted by atomic mass is 10.2. The molecular formula is C8H12N4O2. The number of benzene rings is 1. The Bertz CT molecular complexity index is 376. The molecule has 6 heteroatoms. The van der Waals surface area contributed by atoms with Crippen molar-refractivity contribution in [3.8, 4) is 0 Å². The van der Waals surface area contributed by atoms with Gasteiger partial charge in [0.05, 0.1) is 10.6 Å². The fraction of sp³-hybridized carbons (Fsp3) is 0.250. The second kappa shape index (κ2) is 3.41. The molecule has 0 aliphatic heterocycles. The van der Waals surface area contributed by atoms with Gasteiger partial charge in [0.2, 0.25) is 0 Å². The summed E-state index contributed by atoms with van der Waals surface area (Å²) >= 11 is 0. The molecule has 0 saturated carbocycles. The predicted octanol–water partition coefficient (Wildman–Crippen LogP) is 0.825. The monoisotopic (exact) mass is 196 g/mol. The standard InChI is InChI=1S/C8H12N4O2/c1-11(2)5-3-6(9)8(10)7(4-5)12(13)14/h3-4H,9-10H2,1-2H3. The van der Waals surface area contributed by atoms with E-state index in [-0.39, 0.29) is 17.1 Å². The van der Waals surface area contributed by atoms with Crippen LogP contribution in [0.4, 0.5) is 22.7 Å². The summed E-state index contributed by atoms with van der Waals surface area (Å²) in [7, 11) is 3.55. The Labute approximate surface area is 81.3 Å². The summed E-state index contributed by atoms with van der Waals surface area (Å²) in [5.41, 5.74) is 11.7. The molecule has 0 radical (unpaired) electrons. The van der Waals surface area contributed by atoms with Gasteiger partial charge in [0.25, 0.3) is 5.69 Å². The summed E-state index contributed by atoms with van der Waals surface area (Å²) in [4.78, 5) is 11.8. The molecule has 0 spiro atoms. The van der Waals surface area contributed by atoms with Crippen LogP contribution in [0.5, 0.6) is 0 Å². The lowest BCUT2D eigenvalue weighted by molar-refractivity contribution is -0.383. The number of nitrogens with zero attached hydrogens (tertiary/aromatic N) is 2. The van der Waals surface area contributed by atoms with Crippen LogP contribution in [0, 0.1) is 10.1 Å². The summed E-state index contributed by atoms with van der Waals surface area (Å²) < 4.78 is 0. The van der Waals surface area contributed by atoms with Gasteiger partial charge in [0.15, 0.2) is 0 Å². The van der Waals surface area contributed by atoms with Crippen LogP contribution in [-0.2, 0) is 0 Å². The first kappa shape index (κ1) is 10.1. The zero-order valence-corrected chi connectivity index (χ0v) is 8.02. The Morgan fingerprint density at radius 2 is 1.93 bits per heavy atom. The molecule has 0 aliphatic carbocycles. The number of hydrogen-bond donors (Lipinski definition) is 2. The fourth-order valence-electron chi connectivity index (χ4n) is 1.05. The first-order chi connectivity index (χ1) is 6.43. The van der Waals surface area contributed by atoms with Gasteiger partial charge in [-0.25, -0.2) is 0 Å². The van der Waals surface area contributed by atoms with Crippen molar-refractivity contribution in [1.29, 1.82) is 0 Å². The lowest BCUT2D eigenvalue weighted by Crippen LogP contribution is -2.10. The minimum Gasteiger partial charge on any atom is -0.397 e. The number of rotatable bonds is 2. The Kier molecular flexibility index (Phi) is 2.46. The molecule has 1 rings (SSSR count). The topological polar surface area (TPSA) is 98.4 Å². The second-order valence-electron chi connectivity index (χ2n) is 3.12. The van der Waals surface area contributed by atoms with Gasteiger partial charge in [-0.3, -0.25) is 10.1 Å². The fourth-order valence-corrected chi connectivity index (χ4v) is 1.05. The smallest absolute Gasteiger partial charge is 0.296 e. The maximum atomic E-state index is 10.6. The first-order valence-corrected chi connectivity index (χ1v) is 3.94. The van der Waals surface area contributed by atoms with E-state index in [2.05, 4.69) is 0 Å². The Morgan fingerprint density at radius 1 is 1.36 bits per heavy atom. The van der Waals surface area contributed by atoms with Gasteiger partial charge in [0.1, 0.15) is 5.69 Å². The zero-order chi connectivity index (χ0) is 10.9. The van der Waals surface area contributed by atoms with Crippen molar-refractivity contribution in [1.82, 2.24) is 0 Å². The molecule has 0 saturated heterocycles. The highest BCUT2D eigenvalue weighted by atomic mass is 16.6. The van der Waals surface area contributed by atoms with E-state index in [4.69, 9.17) is 11.5 Å². The minimum atomic E-state index is -0.543. The van der Waals surface area contributed by atoms with Crippen molar-refractivity contribution in [3.63, 3.8) is 0 Å². The highest BCUT2D eigenvalue weighted by Crippen LogP contribution is 2.32. The van der Waals surface area contributed by atoms with Crippen LogP contribution >= 0.6 is 0 Å². The molecule has 76 valence electrons. The first-order valence-electron chi connectivity index (χ1n) is 3.94. The number of hydrogen-bond acceptors (Lipinski definition) is 5. The summed E-state index contributed by atoms with van der Waals surface area (Å²) in [5, 5.41) is 10.6. The largest absolute Gasteiger partial charge is 0.397 e. The molecule has 0 unspecified atom stereocenters. The van der Waals surface area contributed by atoms with Gasteiger partial charge in [-0.1, -0.05) is 0 Å². The molecule has 0 heterocycles. The van der Waals surface area contributed by atoms with Gasteiger partial charge in [-0.2, -0.15) is 0 Å². The van der Waals surface area contributed by atoms with Crippen molar-refractivity contribution < 1.29 is 4.92 Å². The summed E-state index contributed by atoms with van der Waals surface area (Å²) in [5.74, 6) is 0. The van der Waals surface area contributed by atoms with Crippen LogP contribution in [0.2, 0.25) is 0 Å². The average molecular weight is 196 g/mol. The molecule has 0 fully saturated rings. The van der Waals surface area contributed by atoms with Gasteiger partial charge in [0, 0.05) is 25.8 Å². The normalized spacial score (nSPS) is 9.86. The number of nitrogens with two attached hydrogens (primary N) is 2. The quantitative estimate of drug-likeness (QED) is 0.414. The van der Waals surface area contributed by atoms with Crippen molar-refractivity contribution >= 4 is 22.7 Å². The molecule has 0 amide bonds. The molecule has 0 atom stereocenters.